The van der Waals surface area contributed by atoms with Gasteiger partial charge >= 0.3 is 0 Å². The van der Waals surface area contributed by atoms with Crippen molar-refractivity contribution in [3.63, 3.8) is 0 Å². The summed E-state index contributed by atoms with van der Waals surface area (Å²) >= 11 is 0. The largest absolute Gasteiger partial charge is 0.342 e. The Kier molecular flexibility index (Phi) is 5.22. The van der Waals surface area contributed by atoms with Crippen LogP contribution >= 0.6 is 0 Å². The molecule has 1 amide bonds. The molecule has 1 aliphatic heterocycles. The van der Waals surface area contributed by atoms with Crippen molar-refractivity contribution in [2.75, 3.05) is 13.1 Å². The van der Waals surface area contributed by atoms with Crippen molar-refractivity contribution in [3.8, 4) is 0 Å². The molecular weight excluding hydrogens is 246 g/mol. The summed E-state index contributed by atoms with van der Waals surface area (Å²) in [7, 11) is 0. The van der Waals surface area contributed by atoms with E-state index in [2.05, 4.69) is 38.1 Å². The third kappa shape index (κ3) is 3.84. The van der Waals surface area contributed by atoms with Gasteiger partial charge in [0.2, 0.25) is 5.91 Å². The SMILES string of the molecule is CC(C)Cc1ccc([C@@H](C)C(=O)N2CCCCC2)cc1. The van der Waals surface area contributed by atoms with Crippen LogP contribution in [0.25, 0.3) is 0 Å². The van der Waals surface area contributed by atoms with E-state index in [4.69, 9.17) is 0 Å². The molecule has 1 saturated heterocycles. The average Bonchev–Trinajstić information content (AvgIpc) is 2.47. The van der Waals surface area contributed by atoms with Gasteiger partial charge in [-0.3, -0.25) is 4.79 Å². The van der Waals surface area contributed by atoms with E-state index in [-0.39, 0.29) is 5.92 Å². The fourth-order valence-corrected chi connectivity index (χ4v) is 2.94. The maximum Gasteiger partial charge on any atom is 0.229 e. The standard InChI is InChI=1S/C18H27NO/c1-14(2)13-16-7-9-17(10-8-16)15(3)18(20)19-11-5-4-6-12-19/h7-10,14-15H,4-6,11-13H2,1-3H3/t15-/m1/s1. The molecule has 0 N–H and O–H groups in total. The van der Waals surface area contributed by atoms with Gasteiger partial charge in [0, 0.05) is 13.1 Å². The molecular formula is C18H27NO. The van der Waals surface area contributed by atoms with Crippen molar-refractivity contribution in [3.05, 3.63) is 35.4 Å². The van der Waals surface area contributed by atoms with Gasteiger partial charge in [-0.25, -0.2) is 0 Å². The highest BCUT2D eigenvalue weighted by atomic mass is 16.2. The van der Waals surface area contributed by atoms with Gasteiger partial charge in [-0.15, -0.1) is 0 Å². The highest BCUT2D eigenvalue weighted by molar-refractivity contribution is 5.83. The predicted octanol–water partition coefficient (Wildman–Crippen LogP) is 4.00. The molecule has 1 aliphatic rings. The van der Waals surface area contributed by atoms with Crippen LogP contribution in [0.2, 0.25) is 0 Å². The van der Waals surface area contributed by atoms with Gasteiger partial charge in [-0.1, -0.05) is 38.1 Å². The third-order valence-corrected chi connectivity index (χ3v) is 4.16. The van der Waals surface area contributed by atoms with Crippen LogP contribution in [-0.4, -0.2) is 23.9 Å². The van der Waals surface area contributed by atoms with Gasteiger partial charge in [0.25, 0.3) is 0 Å². The third-order valence-electron chi connectivity index (χ3n) is 4.16. The van der Waals surface area contributed by atoms with E-state index in [9.17, 15) is 4.79 Å². The van der Waals surface area contributed by atoms with Gasteiger partial charge in [0.1, 0.15) is 0 Å². The quantitative estimate of drug-likeness (QED) is 0.812. The number of benzene rings is 1. The molecule has 0 unspecified atom stereocenters. The monoisotopic (exact) mass is 273 g/mol. The molecule has 0 bridgehead atoms. The van der Waals surface area contributed by atoms with Crippen molar-refractivity contribution in [1.82, 2.24) is 4.90 Å². The van der Waals surface area contributed by atoms with E-state index in [1.165, 1.54) is 12.0 Å². The summed E-state index contributed by atoms with van der Waals surface area (Å²) in [5.74, 6) is 0.954. The zero-order valence-electron chi connectivity index (χ0n) is 13.1. The smallest absolute Gasteiger partial charge is 0.229 e. The Labute approximate surface area is 123 Å². The fraction of sp³-hybridized carbons (Fsp3) is 0.611. The van der Waals surface area contributed by atoms with Crippen molar-refractivity contribution in [2.24, 2.45) is 5.92 Å². The Morgan fingerprint density at radius 3 is 2.20 bits per heavy atom. The summed E-state index contributed by atoms with van der Waals surface area (Å²) in [6.07, 6.45) is 4.69. The van der Waals surface area contributed by atoms with Crippen LogP contribution in [0.1, 0.15) is 57.1 Å². The number of piperidine rings is 1. The van der Waals surface area contributed by atoms with Crippen LogP contribution in [0, 0.1) is 5.92 Å². The van der Waals surface area contributed by atoms with E-state index >= 15 is 0 Å². The second-order valence-electron chi connectivity index (χ2n) is 6.45. The molecule has 2 nitrogen and oxygen atoms in total. The van der Waals surface area contributed by atoms with E-state index in [1.54, 1.807) is 0 Å². The highest BCUT2D eigenvalue weighted by Gasteiger charge is 2.23. The first-order valence-electron chi connectivity index (χ1n) is 7.95. The van der Waals surface area contributed by atoms with Gasteiger partial charge < -0.3 is 4.90 Å². The number of carbonyl (C=O) groups excluding carboxylic acids is 1. The minimum Gasteiger partial charge on any atom is -0.342 e. The molecule has 1 heterocycles. The molecule has 0 spiro atoms. The molecule has 20 heavy (non-hydrogen) atoms. The number of likely N-dealkylation sites (tertiary alicyclic amines) is 1. The predicted molar refractivity (Wildman–Crippen MR) is 83.8 cm³/mol. The summed E-state index contributed by atoms with van der Waals surface area (Å²) < 4.78 is 0. The number of rotatable bonds is 4. The van der Waals surface area contributed by atoms with E-state index in [1.807, 2.05) is 11.8 Å². The lowest BCUT2D eigenvalue weighted by molar-refractivity contribution is -0.133. The van der Waals surface area contributed by atoms with E-state index in [0.29, 0.717) is 11.8 Å². The van der Waals surface area contributed by atoms with Crippen LogP contribution in [-0.2, 0) is 11.2 Å². The molecule has 0 aromatic heterocycles. The van der Waals surface area contributed by atoms with Crippen molar-refractivity contribution < 1.29 is 4.79 Å². The topological polar surface area (TPSA) is 20.3 Å². The van der Waals surface area contributed by atoms with Gasteiger partial charge in [-0.05, 0) is 49.7 Å². The van der Waals surface area contributed by atoms with E-state index in [0.717, 1.165) is 37.9 Å². The molecule has 2 heteroatoms. The number of carbonyl (C=O) groups is 1. The Morgan fingerprint density at radius 1 is 1.05 bits per heavy atom. The van der Waals surface area contributed by atoms with Crippen LogP contribution in [0.15, 0.2) is 24.3 Å². The average molecular weight is 273 g/mol. The molecule has 1 aromatic carbocycles. The van der Waals surface area contributed by atoms with Crippen molar-refractivity contribution in [1.29, 1.82) is 0 Å². The van der Waals surface area contributed by atoms with E-state index < -0.39 is 0 Å². The zero-order chi connectivity index (χ0) is 14.5. The number of amides is 1. The lowest BCUT2D eigenvalue weighted by Gasteiger charge is -2.29. The maximum atomic E-state index is 12.5. The first kappa shape index (κ1) is 15.1. The number of hydrogen-bond acceptors (Lipinski definition) is 1. The van der Waals surface area contributed by atoms with Crippen LogP contribution in [0.4, 0.5) is 0 Å². The first-order valence-corrected chi connectivity index (χ1v) is 7.95. The summed E-state index contributed by atoms with van der Waals surface area (Å²) in [5, 5.41) is 0. The Bertz CT molecular complexity index is 429. The van der Waals surface area contributed by atoms with Crippen molar-refractivity contribution in [2.45, 2.75) is 52.4 Å². The minimum atomic E-state index is -0.0128. The second-order valence-corrected chi connectivity index (χ2v) is 6.45. The normalized spacial score (nSPS) is 17.3. The lowest BCUT2D eigenvalue weighted by atomic mass is 9.95. The molecule has 1 aromatic rings. The Hall–Kier alpha value is -1.31. The highest BCUT2D eigenvalue weighted by Crippen LogP contribution is 2.21. The molecule has 0 saturated carbocycles. The minimum absolute atomic E-state index is 0.0128. The van der Waals surface area contributed by atoms with Crippen LogP contribution in [0.5, 0.6) is 0 Å². The maximum absolute atomic E-state index is 12.5. The van der Waals surface area contributed by atoms with Gasteiger partial charge in [0.15, 0.2) is 0 Å². The summed E-state index contributed by atoms with van der Waals surface area (Å²) in [6, 6.07) is 8.61. The summed E-state index contributed by atoms with van der Waals surface area (Å²) in [4.78, 5) is 14.5. The first-order chi connectivity index (χ1) is 9.58. The number of hydrogen-bond donors (Lipinski definition) is 0. The second kappa shape index (κ2) is 6.92. The summed E-state index contributed by atoms with van der Waals surface area (Å²) in [5.41, 5.74) is 2.51. The van der Waals surface area contributed by atoms with Crippen LogP contribution < -0.4 is 0 Å². The fourth-order valence-electron chi connectivity index (χ4n) is 2.94. The summed E-state index contributed by atoms with van der Waals surface area (Å²) in [6.45, 7) is 8.38. The molecule has 0 radical (unpaired) electrons. The molecule has 1 atom stereocenters. The molecule has 2 rings (SSSR count). The lowest BCUT2D eigenvalue weighted by Crippen LogP contribution is -2.38. The van der Waals surface area contributed by atoms with Gasteiger partial charge in [0.05, 0.1) is 5.92 Å². The number of nitrogens with zero attached hydrogens (tertiary/aromatic N) is 1. The van der Waals surface area contributed by atoms with Gasteiger partial charge in [-0.2, -0.15) is 0 Å². The van der Waals surface area contributed by atoms with Crippen molar-refractivity contribution >= 4 is 5.91 Å². The molecule has 110 valence electrons. The molecule has 0 aliphatic carbocycles. The van der Waals surface area contributed by atoms with Crippen LogP contribution in [0.3, 0.4) is 0 Å². The Morgan fingerprint density at radius 2 is 1.65 bits per heavy atom. The zero-order valence-corrected chi connectivity index (χ0v) is 13.1. The Balaban J connectivity index is 2.00. The molecule has 1 fully saturated rings.